The van der Waals surface area contributed by atoms with Gasteiger partial charge in [0, 0.05) is 18.7 Å². The molecule has 140 valence electrons. The quantitative estimate of drug-likeness (QED) is 0.657. The lowest BCUT2D eigenvalue weighted by molar-refractivity contribution is 0.0962. The van der Waals surface area contributed by atoms with Gasteiger partial charge in [-0.25, -0.2) is 9.97 Å². The van der Waals surface area contributed by atoms with Gasteiger partial charge in [0.05, 0.1) is 17.0 Å². The summed E-state index contributed by atoms with van der Waals surface area (Å²) in [6, 6.07) is 16.8. The molecule has 0 bridgehead atoms. The second-order valence-corrected chi connectivity index (χ2v) is 7.85. The molecule has 5 rings (SSSR count). The molecule has 1 aromatic heterocycles. The molecule has 0 fully saturated rings. The third kappa shape index (κ3) is 2.71. The highest BCUT2D eigenvalue weighted by Gasteiger charge is 2.32. The summed E-state index contributed by atoms with van der Waals surface area (Å²) in [5, 5.41) is 0. The van der Waals surface area contributed by atoms with Crippen molar-refractivity contribution in [1.29, 1.82) is 0 Å². The Morgan fingerprint density at radius 2 is 1.75 bits per heavy atom. The zero-order valence-electron chi connectivity index (χ0n) is 16.3. The van der Waals surface area contributed by atoms with E-state index in [4.69, 9.17) is 9.97 Å². The van der Waals surface area contributed by atoms with Crippen molar-refractivity contribution < 1.29 is 4.79 Å². The van der Waals surface area contributed by atoms with Crippen LogP contribution in [0.3, 0.4) is 0 Å². The van der Waals surface area contributed by atoms with Crippen LogP contribution in [0.2, 0.25) is 0 Å². The lowest BCUT2D eigenvalue weighted by Crippen LogP contribution is -2.25. The highest BCUT2D eigenvalue weighted by molar-refractivity contribution is 6.00. The van der Waals surface area contributed by atoms with E-state index >= 15 is 0 Å². The number of hydrogen-bond acceptors (Lipinski definition) is 4. The minimum atomic E-state index is 0.167. The molecule has 0 unspecified atom stereocenters. The number of Topliss-reactive ketones (excluding diaryl/α,β-unsaturated/α-hetero) is 1. The van der Waals surface area contributed by atoms with E-state index in [0.717, 1.165) is 42.3 Å². The topological polar surface area (TPSA) is 46.1 Å². The first-order valence-electron chi connectivity index (χ1n) is 9.93. The number of fused-ring (bicyclic) bond motifs is 2. The Labute approximate surface area is 165 Å². The first-order valence-corrected chi connectivity index (χ1v) is 9.93. The Hall–Kier alpha value is -3.01. The van der Waals surface area contributed by atoms with Gasteiger partial charge in [0.2, 0.25) is 5.95 Å². The molecule has 1 atom stereocenters. The number of carbonyl (C=O) groups is 1. The summed E-state index contributed by atoms with van der Waals surface area (Å²) >= 11 is 0. The number of aryl methyl sites for hydroxylation is 2. The lowest BCUT2D eigenvalue weighted by atomic mass is 9.80. The van der Waals surface area contributed by atoms with E-state index in [-0.39, 0.29) is 11.7 Å². The van der Waals surface area contributed by atoms with Gasteiger partial charge in [-0.1, -0.05) is 42.5 Å². The summed E-state index contributed by atoms with van der Waals surface area (Å²) in [4.78, 5) is 24.8. The summed E-state index contributed by atoms with van der Waals surface area (Å²) in [6.07, 6.45) is 2.33. The summed E-state index contributed by atoms with van der Waals surface area (Å²) in [6.45, 7) is 4.94. The largest absolute Gasteiger partial charge is 0.310 e. The molecule has 1 aliphatic heterocycles. The molecule has 4 heteroatoms. The van der Waals surface area contributed by atoms with Crippen molar-refractivity contribution >= 4 is 17.4 Å². The van der Waals surface area contributed by atoms with E-state index in [1.165, 1.54) is 22.4 Å². The number of anilines is 2. The summed E-state index contributed by atoms with van der Waals surface area (Å²) in [5.41, 5.74) is 7.44. The van der Waals surface area contributed by atoms with Crippen LogP contribution in [0.1, 0.15) is 50.8 Å². The maximum atomic E-state index is 12.9. The van der Waals surface area contributed by atoms with Crippen molar-refractivity contribution in [3.63, 3.8) is 0 Å². The minimum absolute atomic E-state index is 0.167. The number of rotatable bonds is 2. The van der Waals surface area contributed by atoms with Crippen LogP contribution >= 0.6 is 0 Å². The third-order valence-corrected chi connectivity index (χ3v) is 6.06. The predicted molar refractivity (Wildman–Crippen MR) is 110 cm³/mol. The van der Waals surface area contributed by atoms with Crippen molar-refractivity contribution in [2.45, 2.75) is 39.0 Å². The van der Waals surface area contributed by atoms with Crippen molar-refractivity contribution in [3.8, 4) is 0 Å². The fourth-order valence-corrected chi connectivity index (χ4v) is 4.69. The lowest BCUT2D eigenvalue weighted by Gasteiger charge is -2.27. The average molecular weight is 369 g/mol. The van der Waals surface area contributed by atoms with Crippen LogP contribution in [-0.2, 0) is 12.8 Å². The van der Waals surface area contributed by atoms with Gasteiger partial charge in [-0.3, -0.25) is 4.79 Å². The highest BCUT2D eigenvalue weighted by Crippen LogP contribution is 2.37. The number of nitrogens with zero attached hydrogens (tertiary/aromatic N) is 3. The summed E-state index contributed by atoms with van der Waals surface area (Å²) in [5.74, 6) is 1.08. The molecule has 2 heterocycles. The van der Waals surface area contributed by atoms with E-state index in [1.807, 2.05) is 13.0 Å². The number of hydrogen-bond donors (Lipinski definition) is 0. The number of para-hydroxylation sites is 1. The maximum absolute atomic E-state index is 12.9. The number of carbonyl (C=O) groups excluding carboxylic acids is 1. The Morgan fingerprint density at radius 3 is 2.61 bits per heavy atom. The third-order valence-electron chi connectivity index (χ3n) is 6.06. The van der Waals surface area contributed by atoms with Crippen molar-refractivity contribution in [2.75, 3.05) is 11.4 Å². The Bertz CT molecular complexity index is 1090. The van der Waals surface area contributed by atoms with Gasteiger partial charge < -0.3 is 4.90 Å². The molecule has 0 radical (unpaired) electrons. The van der Waals surface area contributed by atoms with Crippen molar-refractivity contribution in [1.82, 2.24) is 9.97 Å². The summed E-state index contributed by atoms with van der Waals surface area (Å²) < 4.78 is 0. The molecule has 2 aromatic carbocycles. The fraction of sp³-hybridized carbons (Fsp3) is 0.292. The Kier molecular flexibility index (Phi) is 4.00. The Balaban J connectivity index is 1.56. The van der Waals surface area contributed by atoms with E-state index in [1.54, 1.807) is 0 Å². The molecule has 0 saturated carbocycles. The van der Waals surface area contributed by atoms with Gasteiger partial charge in [-0.05, 0) is 55.4 Å². The van der Waals surface area contributed by atoms with Gasteiger partial charge in [-0.2, -0.15) is 0 Å². The smallest absolute Gasteiger partial charge is 0.230 e. The minimum Gasteiger partial charge on any atom is -0.310 e. The van der Waals surface area contributed by atoms with Gasteiger partial charge in [0.1, 0.15) is 0 Å². The van der Waals surface area contributed by atoms with Crippen LogP contribution in [-0.4, -0.2) is 22.3 Å². The molecule has 4 nitrogen and oxygen atoms in total. The second kappa shape index (κ2) is 6.55. The molecule has 0 spiro atoms. The molecule has 1 aliphatic carbocycles. The number of benzene rings is 2. The molecule has 3 aromatic rings. The van der Waals surface area contributed by atoms with Gasteiger partial charge in [0.25, 0.3) is 0 Å². The van der Waals surface area contributed by atoms with Gasteiger partial charge >= 0.3 is 0 Å². The van der Waals surface area contributed by atoms with E-state index < -0.39 is 0 Å². The predicted octanol–water partition coefficient (Wildman–Crippen LogP) is 4.70. The van der Waals surface area contributed by atoms with E-state index in [0.29, 0.717) is 6.42 Å². The molecule has 0 N–H and O–H groups in total. The number of aromatic nitrogens is 2. The molecule has 0 saturated heterocycles. The van der Waals surface area contributed by atoms with E-state index in [9.17, 15) is 4.79 Å². The Morgan fingerprint density at radius 1 is 0.964 bits per heavy atom. The van der Waals surface area contributed by atoms with Gasteiger partial charge in [0.15, 0.2) is 5.78 Å². The van der Waals surface area contributed by atoms with Crippen molar-refractivity contribution in [3.05, 3.63) is 82.2 Å². The van der Waals surface area contributed by atoms with Crippen LogP contribution in [0.4, 0.5) is 11.6 Å². The highest BCUT2D eigenvalue weighted by atomic mass is 16.1. The number of ketones is 1. The van der Waals surface area contributed by atoms with Crippen LogP contribution in [0.5, 0.6) is 0 Å². The second-order valence-electron chi connectivity index (χ2n) is 7.85. The zero-order chi connectivity index (χ0) is 19.3. The molecule has 2 aliphatic rings. The molecule has 0 amide bonds. The fourth-order valence-electron chi connectivity index (χ4n) is 4.69. The van der Waals surface area contributed by atoms with Crippen LogP contribution in [0.15, 0.2) is 48.5 Å². The van der Waals surface area contributed by atoms with Crippen LogP contribution < -0.4 is 4.90 Å². The van der Waals surface area contributed by atoms with Gasteiger partial charge in [-0.15, -0.1) is 0 Å². The first-order chi connectivity index (χ1) is 13.6. The van der Waals surface area contributed by atoms with Crippen LogP contribution in [0.25, 0.3) is 0 Å². The molecular weight excluding hydrogens is 346 g/mol. The first kappa shape index (κ1) is 17.1. The van der Waals surface area contributed by atoms with E-state index in [2.05, 4.69) is 54.3 Å². The summed E-state index contributed by atoms with van der Waals surface area (Å²) in [7, 11) is 0. The molecular formula is C24H23N3O. The molecule has 28 heavy (non-hydrogen) atoms. The van der Waals surface area contributed by atoms with Crippen molar-refractivity contribution in [2.24, 2.45) is 0 Å². The average Bonchev–Trinajstić information content (AvgIpc) is 3.12. The normalized spacial score (nSPS) is 18.1. The van der Waals surface area contributed by atoms with Crippen LogP contribution in [0, 0.1) is 13.8 Å². The zero-order valence-corrected chi connectivity index (χ0v) is 16.3. The maximum Gasteiger partial charge on any atom is 0.230 e. The SMILES string of the molecule is Cc1ccccc1[C@@H]1CC(=O)c2c(C)nc(N3CCc4ccccc43)nc2C1. The monoisotopic (exact) mass is 369 g/mol. The standard InChI is InChI=1S/C24H23N3O/c1-15-7-3-5-9-19(15)18-13-20-23(22(28)14-18)16(2)25-24(26-20)27-12-11-17-8-4-6-10-21(17)27/h3-10,18H,11-14H2,1-2H3/t18-/m0/s1.